The van der Waals surface area contributed by atoms with Gasteiger partial charge < -0.3 is 24.8 Å². The van der Waals surface area contributed by atoms with Crippen LogP contribution in [-0.2, 0) is 9.47 Å². The maximum Gasteiger partial charge on any atom is 0.247 e. The average molecular weight is 178 g/mol. The molecule has 0 aromatic rings. The molecule has 5 heteroatoms. The molecule has 5 nitrogen and oxygen atoms in total. The summed E-state index contributed by atoms with van der Waals surface area (Å²) in [6, 6.07) is 0. The molecule has 1 fully saturated rings. The van der Waals surface area contributed by atoms with Gasteiger partial charge in [0.25, 0.3) is 0 Å². The molecule has 1 rings (SSSR count). The van der Waals surface area contributed by atoms with Crippen molar-refractivity contribution in [2.75, 3.05) is 13.2 Å². The maximum atomic E-state index is 9.37. The topological polar surface area (TPSA) is 79.2 Å². The third kappa shape index (κ3) is 1.34. The molecular weight excluding hydrogens is 164 g/mol. The molecule has 0 aromatic heterocycles. The van der Waals surface area contributed by atoms with Gasteiger partial charge in [-0.05, 0) is 13.8 Å². The van der Waals surface area contributed by atoms with E-state index >= 15 is 0 Å². The minimum atomic E-state index is -2.33. The molecule has 0 spiro atoms. The quantitative estimate of drug-likeness (QED) is 0.463. The third-order valence-corrected chi connectivity index (χ3v) is 2.02. The molecule has 72 valence electrons. The standard InChI is InChI=1S/C7H14O5/c1-3-11-5-4-12-6(2,8)7(5,9)10/h5,8-10H,3-4H2,1-2H3. The Balaban J connectivity index is 2.71. The van der Waals surface area contributed by atoms with E-state index in [1.54, 1.807) is 6.92 Å². The fourth-order valence-corrected chi connectivity index (χ4v) is 1.12. The van der Waals surface area contributed by atoms with Crippen molar-refractivity contribution in [3.8, 4) is 0 Å². The SMILES string of the molecule is CCOC1COC(C)(O)C1(O)O. The molecule has 2 atom stereocenters. The van der Waals surface area contributed by atoms with Crippen LogP contribution >= 0.6 is 0 Å². The molecule has 3 N–H and O–H groups in total. The molecule has 0 radical (unpaired) electrons. The van der Waals surface area contributed by atoms with E-state index in [-0.39, 0.29) is 6.61 Å². The van der Waals surface area contributed by atoms with Gasteiger partial charge in [0.1, 0.15) is 6.10 Å². The number of rotatable bonds is 2. The molecule has 1 heterocycles. The van der Waals surface area contributed by atoms with Crippen LogP contribution in [0.4, 0.5) is 0 Å². The normalized spacial score (nSPS) is 40.2. The first kappa shape index (κ1) is 9.88. The largest absolute Gasteiger partial charge is 0.370 e. The van der Waals surface area contributed by atoms with Gasteiger partial charge in [-0.25, -0.2) is 0 Å². The summed E-state index contributed by atoms with van der Waals surface area (Å²) in [5.74, 6) is -4.28. The highest BCUT2D eigenvalue weighted by Crippen LogP contribution is 2.33. The fourth-order valence-electron chi connectivity index (χ4n) is 1.12. The molecule has 0 amide bonds. The van der Waals surface area contributed by atoms with Crippen LogP contribution in [0.25, 0.3) is 0 Å². The van der Waals surface area contributed by atoms with E-state index in [1.165, 1.54) is 6.92 Å². The second kappa shape index (κ2) is 2.93. The molecule has 2 unspecified atom stereocenters. The Bertz CT molecular complexity index is 165. The number of hydrogen-bond acceptors (Lipinski definition) is 5. The van der Waals surface area contributed by atoms with Crippen LogP contribution in [0.3, 0.4) is 0 Å². The van der Waals surface area contributed by atoms with Gasteiger partial charge in [-0.2, -0.15) is 0 Å². The lowest BCUT2D eigenvalue weighted by molar-refractivity contribution is -0.338. The molecule has 1 aliphatic rings. The Labute approximate surface area is 70.5 Å². The molecule has 0 bridgehead atoms. The van der Waals surface area contributed by atoms with Crippen LogP contribution in [0, 0.1) is 0 Å². The third-order valence-electron chi connectivity index (χ3n) is 2.02. The van der Waals surface area contributed by atoms with Gasteiger partial charge in [-0.1, -0.05) is 0 Å². The van der Waals surface area contributed by atoms with Crippen LogP contribution in [0.5, 0.6) is 0 Å². The first-order valence-corrected chi connectivity index (χ1v) is 3.84. The first-order valence-electron chi connectivity index (χ1n) is 3.84. The minimum absolute atomic E-state index is 0.0200. The Hall–Kier alpha value is -0.200. The van der Waals surface area contributed by atoms with Gasteiger partial charge >= 0.3 is 0 Å². The van der Waals surface area contributed by atoms with Crippen molar-refractivity contribution in [1.82, 2.24) is 0 Å². The summed E-state index contributed by atoms with van der Waals surface area (Å²) in [5.41, 5.74) is 0. The van der Waals surface area contributed by atoms with Gasteiger partial charge in [-0.3, -0.25) is 0 Å². The van der Waals surface area contributed by atoms with Gasteiger partial charge in [0.05, 0.1) is 6.61 Å². The second-order valence-electron chi connectivity index (χ2n) is 2.96. The van der Waals surface area contributed by atoms with E-state index in [0.717, 1.165) is 0 Å². The second-order valence-corrected chi connectivity index (χ2v) is 2.96. The maximum absolute atomic E-state index is 9.37. The predicted octanol–water partition coefficient (Wildman–Crippen LogP) is -1.19. The zero-order chi connectivity index (χ0) is 9.41. The Morgan fingerprint density at radius 1 is 1.50 bits per heavy atom. The van der Waals surface area contributed by atoms with Crippen LogP contribution in [0.1, 0.15) is 13.8 Å². The van der Waals surface area contributed by atoms with Crippen LogP contribution in [-0.4, -0.2) is 46.2 Å². The predicted molar refractivity (Wildman–Crippen MR) is 39.2 cm³/mol. The van der Waals surface area contributed by atoms with Crippen LogP contribution in [0.2, 0.25) is 0 Å². The molecular formula is C7H14O5. The number of hydrogen-bond donors (Lipinski definition) is 3. The van der Waals surface area contributed by atoms with Gasteiger partial charge in [0.2, 0.25) is 11.6 Å². The van der Waals surface area contributed by atoms with E-state index in [4.69, 9.17) is 9.47 Å². The Kier molecular flexibility index (Phi) is 2.42. The van der Waals surface area contributed by atoms with E-state index < -0.39 is 17.7 Å². The van der Waals surface area contributed by atoms with Crippen molar-refractivity contribution in [3.63, 3.8) is 0 Å². The summed E-state index contributed by atoms with van der Waals surface area (Å²) in [4.78, 5) is 0. The minimum Gasteiger partial charge on any atom is -0.370 e. The molecule has 0 aliphatic carbocycles. The summed E-state index contributed by atoms with van der Waals surface area (Å²) in [6.07, 6.45) is -0.891. The molecule has 1 saturated heterocycles. The van der Waals surface area contributed by atoms with E-state index in [1.807, 2.05) is 0 Å². The van der Waals surface area contributed by atoms with E-state index in [0.29, 0.717) is 6.61 Å². The molecule has 0 saturated carbocycles. The lowest BCUT2D eigenvalue weighted by Gasteiger charge is -2.30. The van der Waals surface area contributed by atoms with E-state index in [9.17, 15) is 15.3 Å². The van der Waals surface area contributed by atoms with Gasteiger partial charge in [0, 0.05) is 6.61 Å². The average Bonchev–Trinajstić information content (AvgIpc) is 2.13. The summed E-state index contributed by atoms with van der Waals surface area (Å²) < 4.78 is 9.72. The highest BCUT2D eigenvalue weighted by molar-refractivity contribution is 4.93. The summed E-state index contributed by atoms with van der Waals surface area (Å²) in [7, 11) is 0. The van der Waals surface area contributed by atoms with E-state index in [2.05, 4.69) is 0 Å². The highest BCUT2D eigenvalue weighted by Gasteiger charge is 2.58. The van der Waals surface area contributed by atoms with Crippen LogP contribution in [0.15, 0.2) is 0 Å². The Morgan fingerprint density at radius 2 is 2.08 bits per heavy atom. The molecule has 1 aliphatic heterocycles. The number of ether oxygens (including phenoxy) is 2. The van der Waals surface area contributed by atoms with Crippen molar-refractivity contribution < 1.29 is 24.8 Å². The van der Waals surface area contributed by atoms with Crippen molar-refractivity contribution >= 4 is 0 Å². The lowest BCUT2D eigenvalue weighted by Crippen LogP contribution is -2.55. The summed E-state index contributed by atoms with van der Waals surface area (Å²) in [5, 5.41) is 28.1. The van der Waals surface area contributed by atoms with Crippen molar-refractivity contribution in [3.05, 3.63) is 0 Å². The molecule has 12 heavy (non-hydrogen) atoms. The zero-order valence-electron chi connectivity index (χ0n) is 7.15. The lowest BCUT2D eigenvalue weighted by atomic mass is 10.1. The summed E-state index contributed by atoms with van der Waals surface area (Å²) in [6.45, 7) is 3.23. The van der Waals surface area contributed by atoms with Gasteiger partial charge in [-0.15, -0.1) is 0 Å². The smallest absolute Gasteiger partial charge is 0.247 e. The first-order chi connectivity index (χ1) is 5.42. The van der Waals surface area contributed by atoms with Gasteiger partial charge in [0.15, 0.2) is 0 Å². The van der Waals surface area contributed by atoms with Crippen molar-refractivity contribution in [2.24, 2.45) is 0 Å². The monoisotopic (exact) mass is 178 g/mol. The zero-order valence-corrected chi connectivity index (χ0v) is 7.15. The molecule has 0 aromatic carbocycles. The van der Waals surface area contributed by atoms with Crippen LogP contribution < -0.4 is 0 Å². The fraction of sp³-hybridized carbons (Fsp3) is 1.00. The summed E-state index contributed by atoms with van der Waals surface area (Å²) >= 11 is 0. The number of aliphatic hydroxyl groups is 3. The van der Waals surface area contributed by atoms with Crippen molar-refractivity contribution in [1.29, 1.82) is 0 Å². The van der Waals surface area contributed by atoms with Crippen molar-refractivity contribution in [2.45, 2.75) is 31.5 Å². The Morgan fingerprint density at radius 3 is 2.42 bits per heavy atom. The highest BCUT2D eigenvalue weighted by atomic mass is 16.7.